The Bertz CT molecular complexity index is 590. The molecule has 0 aliphatic carbocycles. The standard InChI is InChI=1S/C16H18ClN3O2/c17-15-7-6-12(10-19-15)11-20-16(22)18-9-8-14(21)13-4-2-1-3-5-13/h1-7,10,14,21H,8-9,11H2,(H2,18,20,22). The number of aliphatic hydroxyl groups excluding tert-OH is 1. The van der Waals surface area contributed by atoms with Crippen LogP contribution in [0, 0.1) is 0 Å². The summed E-state index contributed by atoms with van der Waals surface area (Å²) in [4.78, 5) is 15.6. The number of halogens is 1. The largest absolute Gasteiger partial charge is 0.388 e. The predicted molar refractivity (Wildman–Crippen MR) is 85.5 cm³/mol. The summed E-state index contributed by atoms with van der Waals surface area (Å²) in [5.74, 6) is 0. The van der Waals surface area contributed by atoms with Crippen molar-refractivity contribution in [3.63, 3.8) is 0 Å². The molecule has 0 aliphatic rings. The molecule has 3 N–H and O–H groups in total. The molecule has 22 heavy (non-hydrogen) atoms. The molecule has 1 aromatic heterocycles. The van der Waals surface area contributed by atoms with E-state index in [1.165, 1.54) is 0 Å². The summed E-state index contributed by atoms with van der Waals surface area (Å²) in [6.07, 6.45) is 1.49. The Labute approximate surface area is 134 Å². The molecule has 1 aromatic carbocycles. The second-order valence-electron chi connectivity index (χ2n) is 4.81. The summed E-state index contributed by atoms with van der Waals surface area (Å²) in [7, 11) is 0. The van der Waals surface area contributed by atoms with Crippen molar-refractivity contribution >= 4 is 17.6 Å². The van der Waals surface area contributed by atoms with Crippen molar-refractivity contribution in [1.82, 2.24) is 15.6 Å². The van der Waals surface area contributed by atoms with Gasteiger partial charge in [-0.15, -0.1) is 0 Å². The molecule has 0 saturated carbocycles. The van der Waals surface area contributed by atoms with Gasteiger partial charge in [-0.25, -0.2) is 9.78 Å². The van der Waals surface area contributed by atoms with Crippen LogP contribution in [0.2, 0.25) is 5.15 Å². The summed E-state index contributed by atoms with van der Waals surface area (Å²) in [6.45, 7) is 0.762. The lowest BCUT2D eigenvalue weighted by Crippen LogP contribution is -2.36. The van der Waals surface area contributed by atoms with Gasteiger partial charge in [0.05, 0.1) is 6.10 Å². The van der Waals surface area contributed by atoms with E-state index in [0.29, 0.717) is 24.7 Å². The number of urea groups is 1. The Hall–Kier alpha value is -2.11. The number of pyridine rings is 1. The molecule has 0 fully saturated rings. The highest BCUT2D eigenvalue weighted by Gasteiger charge is 2.07. The van der Waals surface area contributed by atoms with Crippen LogP contribution in [0.3, 0.4) is 0 Å². The third-order valence-corrected chi connectivity index (χ3v) is 3.35. The van der Waals surface area contributed by atoms with Crippen LogP contribution in [0.25, 0.3) is 0 Å². The quantitative estimate of drug-likeness (QED) is 0.717. The van der Waals surface area contributed by atoms with E-state index >= 15 is 0 Å². The molecule has 0 saturated heterocycles. The first-order chi connectivity index (χ1) is 10.6. The van der Waals surface area contributed by atoms with Gasteiger partial charge in [-0.2, -0.15) is 0 Å². The van der Waals surface area contributed by atoms with E-state index in [4.69, 9.17) is 11.6 Å². The van der Waals surface area contributed by atoms with Crippen molar-refractivity contribution in [3.8, 4) is 0 Å². The first-order valence-electron chi connectivity index (χ1n) is 7.00. The van der Waals surface area contributed by atoms with Gasteiger partial charge >= 0.3 is 6.03 Å². The fraction of sp³-hybridized carbons (Fsp3) is 0.250. The number of aromatic nitrogens is 1. The zero-order valence-corrected chi connectivity index (χ0v) is 12.8. The first kappa shape index (κ1) is 16.3. The Morgan fingerprint density at radius 3 is 2.64 bits per heavy atom. The van der Waals surface area contributed by atoms with Crippen molar-refractivity contribution in [2.24, 2.45) is 0 Å². The van der Waals surface area contributed by atoms with Gasteiger partial charge in [0.25, 0.3) is 0 Å². The maximum atomic E-state index is 11.7. The second-order valence-corrected chi connectivity index (χ2v) is 5.20. The molecule has 1 unspecified atom stereocenters. The van der Waals surface area contributed by atoms with E-state index < -0.39 is 6.10 Å². The molecule has 2 amide bonds. The van der Waals surface area contributed by atoms with E-state index in [1.807, 2.05) is 30.3 Å². The molecular formula is C16H18ClN3O2. The maximum Gasteiger partial charge on any atom is 0.315 e. The molecule has 0 spiro atoms. The number of carbonyl (C=O) groups excluding carboxylic acids is 1. The molecular weight excluding hydrogens is 302 g/mol. The van der Waals surface area contributed by atoms with Gasteiger partial charge in [0.15, 0.2) is 0 Å². The van der Waals surface area contributed by atoms with Gasteiger partial charge in [-0.3, -0.25) is 0 Å². The topological polar surface area (TPSA) is 74.2 Å². The molecule has 2 aromatic rings. The van der Waals surface area contributed by atoms with Gasteiger partial charge in [0.2, 0.25) is 0 Å². The number of rotatable bonds is 6. The molecule has 0 bridgehead atoms. The summed E-state index contributed by atoms with van der Waals surface area (Å²) in [5.41, 5.74) is 1.71. The van der Waals surface area contributed by atoms with Crippen LogP contribution in [0.4, 0.5) is 4.79 Å². The van der Waals surface area contributed by atoms with E-state index in [0.717, 1.165) is 11.1 Å². The van der Waals surface area contributed by atoms with Gasteiger partial charge in [0.1, 0.15) is 5.15 Å². The van der Waals surface area contributed by atoms with Gasteiger partial charge in [-0.05, 0) is 23.6 Å². The minimum Gasteiger partial charge on any atom is -0.388 e. The summed E-state index contributed by atoms with van der Waals surface area (Å²) in [6, 6.07) is 12.6. The van der Waals surface area contributed by atoms with Crippen LogP contribution in [0.1, 0.15) is 23.7 Å². The van der Waals surface area contributed by atoms with E-state index in [1.54, 1.807) is 18.3 Å². The molecule has 1 atom stereocenters. The lowest BCUT2D eigenvalue weighted by molar-refractivity contribution is 0.167. The molecule has 0 radical (unpaired) electrons. The van der Waals surface area contributed by atoms with E-state index in [-0.39, 0.29) is 6.03 Å². The number of nitrogens with zero attached hydrogens (tertiary/aromatic N) is 1. The molecule has 2 rings (SSSR count). The highest BCUT2D eigenvalue weighted by molar-refractivity contribution is 6.29. The number of aliphatic hydroxyl groups is 1. The fourth-order valence-corrected chi connectivity index (χ4v) is 2.03. The minimum atomic E-state index is -0.582. The highest BCUT2D eigenvalue weighted by atomic mass is 35.5. The smallest absolute Gasteiger partial charge is 0.315 e. The second kappa shape index (κ2) is 8.36. The number of carbonyl (C=O) groups is 1. The monoisotopic (exact) mass is 319 g/mol. The predicted octanol–water partition coefficient (Wildman–Crippen LogP) is 2.66. The van der Waals surface area contributed by atoms with E-state index in [9.17, 15) is 9.90 Å². The Morgan fingerprint density at radius 1 is 1.18 bits per heavy atom. The average Bonchev–Trinajstić information content (AvgIpc) is 2.55. The molecule has 1 heterocycles. The van der Waals surface area contributed by atoms with Crippen LogP contribution in [-0.4, -0.2) is 22.7 Å². The van der Waals surface area contributed by atoms with Gasteiger partial charge < -0.3 is 15.7 Å². The van der Waals surface area contributed by atoms with Gasteiger partial charge in [0, 0.05) is 19.3 Å². The lowest BCUT2D eigenvalue weighted by Gasteiger charge is -2.12. The van der Waals surface area contributed by atoms with Crippen molar-refractivity contribution in [1.29, 1.82) is 0 Å². The Balaban J connectivity index is 1.66. The summed E-state index contributed by atoms with van der Waals surface area (Å²) >= 11 is 5.69. The molecule has 116 valence electrons. The highest BCUT2D eigenvalue weighted by Crippen LogP contribution is 2.14. The normalized spacial score (nSPS) is 11.7. The van der Waals surface area contributed by atoms with Crippen molar-refractivity contribution in [2.75, 3.05) is 6.54 Å². The van der Waals surface area contributed by atoms with Gasteiger partial charge in [-0.1, -0.05) is 48.0 Å². The number of benzene rings is 1. The lowest BCUT2D eigenvalue weighted by atomic mass is 10.1. The molecule has 6 heteroatoms. The van der Waals surface area contributed by atoms with Crippen LogP contribution in [0.5, 0.6) is 0 Å². The van der Waals surface area contributed by atoms with Crippen molar-refractivity contribution in [3.05, 3.63) is 64.9 Å². The average molecular weight is 320 g/mol. The number of amides is 2. The third-order valence-electron chi connectivity index (χ3n) is 3.13. The first-order valence-corrected chi connectivity index (χ1v) is 7.38. The SMILES string of the molecule is O=C(NCCC(O)c1ccccc1)NCc1ccc(Cl)nc1. The number of hydrogen-bond acceptors (Lipinski definition) is 3. The van der Waals surface area contributed by atoms with Crippen LogP contribution in [0.15, 0.2) is 48.7 Å². The molecule has 0 aliphatic heterocycles. The summed E-state index contributed by atoms with van der Waals surface area (Å²) in [5, 5.41) is 15.8. The van der Waals surface area contributed by atoms with Crippen LogP contribution >= 0.6 is 11.6 Å². The zero-order chi connectivity index (χ0) is 15.8. The summed E-state index contributed by atoms with van der Waals surface area (Å²) < 4.78 is 0. The number of nitrogens with one attached hydrogen (secondary N) is 2. The molecule has 5 nitrogen and oxygen atoms in total. The number of hydrogen-bond donors (Lipinski definition) is 3. The van der Waals surface area contributed by atoms with Crippen LogP contribution < -0.4 is 10.6 Å². The fourth-order valence-electron chi connectivity index (χ4n) is 1.92. The Kier molecular flexibility index (Phi) is 6.18. The zero-order valence-electron chi connectivity index (χ0n) is 12.0. The van der Waals surface area contributed by atoms with E-state index in [2.05, 4.69) is 15.6 Å². The minimum absolute atomic E-state index is 0.282. The maximum absolute atomic E-state index is 11.7. The van der Waals surface area contributed by atoms with Crippen molar-refractivity contribution in [2.45, 2.75) is 19.1 Å². The van der Waals surface area contributed by atoms with Crippen molar-refractivity contribution < 1.29 is 9.90 Å². The Morgan fingerprint density at radius 2 is 1.95 bits per heavy atom. The third kappa shape index (κ3) is 5.35. The van der Waals surface area contributed by atoms with Crippen LogP contribution in [-0.2, 0) is 6.54 Å².